The first-order valence-electron chi connectivity index (χ1n) is 7.97. The smallest absolute Gasteiger partial charge is 0.323 e. The standard InChI is InChI=1S/C19H13I2NO5S/c20-13-4-1-11(2-5-13)10-27-15-6-3-12(7-14(15)21)8-16-18(25)22(9-17(23)24)19(26)28-16/h1-8H,9-10H2,(H,23,24)/b16-8+. The van der Waals surface area contributed by atoms with Crippen molar-refractivity contribution >= 4 is 80.1 Å². The van der Waals surface area contributed by atoms with Gasteiger partial charge in [0.15, 0.2) is 0 Å². The summed E-state index contributed by atoms with van der Waals surface area (Å²) in [6.07, 6.45) is 1.58. The summed E-state index contributed by atoms with van der Waals surface area (Å²) in [7, 11) is 0. The number of carbonyl (C=O) groups is 3. The highest BCUT2D eigenvalue weighted by Gasteiger charge is 2.36. The lowest BCUT2D eigenvalue weighted by molar-refractivity contribution is -0.140. The fourth-order valence-corrected chi connectivity index (χ4v) is 4.28. The maximum Gasteiger partial charge on any atom is 0.323 e. The topological polar surface area (TPSA) is 83.9 Å². The van der Waals surface area contributed by atoms with Crippen LogP contribution in [0.3, 0.4) is 0 Å². The van der Waals surface area contributed by atoms with Crippen molar-refractivity contribution < 1.29 is 24.2 Å². The van der Waals surface area contributed by atoms with Crippen LogP contribution >= 0.6 is 56.9 Å². The first-order valence-corrected chi connectivity index (χ1v) is 10.9. The first kappa shape index (κ1) is 21.1. The van der Waals surface area contributed by atoms with Crippen LogP contribution in [0.1, 0.15) is 11.1 Å². The average molecular weight is 621 g/mol. The molecule has 0 saturated carbocycles. The summed E-state index contributed by atoms with van der Waals surface area (Å²) < 4.78 is 7.88. The van der Waals surface area contributed by atoms with Crippen LogP contribution in [0.25, 0.3) is 6.08 Å². The average Bonchev–Trinajstić information content (AvgIpc) is 2.89. The predicted octanol–water partition coefficient (Wildman–Crippen LogP) is 4.60. The van der Waals surface area contributed by atoms with Gasteiger partial charge in [-0.3, -0.25) is 19.3 Å². The van der Waals surface area contributed by atoms with Crippen LogP contribution in [0.2, 0.25) is 0 Å². The molecule has 0 aromatic heterocycles. The van der Waals surface area contributed by atoms with Gasteiger partial charge in [0.25, 0.3) is 11.1 Å². The number of imide groups is 1. The van der Waals surface area contributed by atoms with Gasteiger partial charge in [-0.2, -0.15) is 0 Å². The Labute approximate surface area is 192 Å². The van der Waals surface area contributed by atoms with E-state index in [0.717, 1.165) is 40.7 Å². The molecule has 0 aliphatic carbocycles. The second-order valence-corrected chi connectivity index (χ2v) is 9.17. The van der Waals surface area contributed by atoms with E-state index in [1.54, 1.807) is 12.1 Å². The first-order chi connectivity index (χ1) is 13.3. The molecule has 9 heteroatoms. The summed E-state index contributed by atoms with van der Waals surface area (Å²) in [5, 5.41) is 8.23. The van der Waals surface area contributed by atoms with Gasteiger partial charge in [-0.1, -0.05) is 18.2 Å². The second kappa shape index (κ2) is 9.27. The second-order valence-electron chi connectivity index (χ2n) is 5.77. The van der Waals surface area contributed by atoms with Crippen molar-refractivity contribution in [3.05, 3.63) is 65.6 Å². The number of aliphatic carboxylic acids is 1. The molecule has 28 heavy (non-hydrogen) atoms. The summed E-state index contributed by atoms with van der Waals surface area (Å²) in [5.41, 5.74) is 1.79. The fourth-order valence-electron chi connectivity index (χ4n) is 2.39. The third-order valence-corrected chi connectivity index (χ3v) is 6.20. The molecule has 2 aromatic carbocycles. The minimum Gasteiger partial charge on any atom is -0.488 e. The molecule has 0 unspecified atom stereocenters. The Hall–Kier alpha value is -1.60. The van der Waals surface area contributed by atoms with Crippen molar-refractivity contribution in [1.29, 1.82) is 0 Å². The number of carboxylic acid groups (broad SMARTS) is 1. The SMILES string of the molecule is O=C(O)CN1C(=O)S/C(=C/c2ccc(OCc3ccc(I)cc3)c(I)c2)C1=O. The van der Waals surface area contributed by atoms with Crippen LogP contribution in [0.15, 0.2) is 47.4 Å². The monoisotopic (exact) mass is 621 g/mol. The zero-order chi connectivity index (χ0) is 20.3. The number of amides is 2. The molecule has 1 aliphatic rings. The zero-order valence-corrected chi connectivity index (χ0v) is 19.4. The molecule has 1 aliphatic heterocycles. The van der Waals surface area contributed by atoms with E-state index in [-0.39, 0.29) is 4.91 Å². The van der Waals surface area contributed by atoms with Gasteiger partial charge < -0.3 is 9.84 Å². The molecule has 0 bridgehead atoms. The van der Waals surface area contributed by atoms with E-state index in [2.05, 4.69) is 45.2 Å². The Morgan fingerprint density at radius 2 is 1.86 bits per heavy atom. The fraction of sp³-hybridized carbons (Fsp3) is 0.105. The van der Waals surface area contributed by atoms with Crippen LogP contribution in [0.4, 0.5) is 4.79 Å². The van der Waals surface area contributed by atoms with Crippen LogP contribution in [0, 0.1) is 7.14 Å². The van der Waals surface area contributed by atoms with Gasteiger partial charge >= 0.3 is 5.97 Å². The van der Waals surface area contributed by atoms with Crippen molar-refractivity contribution in [1.82, 2.24) is 4.90 Å². The Bertz CT molecular complexity index is 975. The number of hydrogen-bond acceptors (Lipinski definition) is 5. The van der Waals surface area contributed by atoms with Gasteiger partial charge in [0, 0.05) is 3.57 Å². The summed E-state index contributed by atoms with van der Waals surface area (Å²) in [6, 6.07) is 13.5. The highest BCUT2D eigenvalue weighted by atomic mass is 127. The normalized spacial score (nSPS) is 15.4. The summed E-state index contributed by atoms with van der Waals surface area (Å²) in [6.45, 7) is -0.189. The third kappa shape index (κ3) is 5.26. The van der Waals surface area contributed by atoms with E-state index < -0.39 is 23.7 Å². The lowest BCUT2D eigenvalue weighted by Gasteiger charge is -2.09. The van der Waals surface area contributed by atoms with E-state index in [4.69, 9.17) is 9.84 Å². The van der Waals surface area contributed by atoms with Gasteiger partial charge in [0.2, 0.25) is 0 Å². The molecular formula is C19H13I2NO5S. The lowest BCUT2D eigenvalue weighted by atomic mass is 10.2. The van der Waals surface area contributed by atoms with Crippen molar-refractivity contribution in [2.75, 3.05) is 6.54 Å². The number of carboxylic acids is 1. The molecule has 6 nitrogen and oxygen atoms in total. The van der Waals surface area contributed by atoms with Crippen molar-refractivity contribution in [3.63, 3.8) is 0 Å². The number of thioether (sulfide) groups is 1. The summed E-state index contributed by atoms with van der Waals surface area (Å²) in [5.74, 6) is -1.10. The Balaban J connectivity index is 1.71. The maximum atomic E-state index is 12.2. The highest BCUT2D eigenvalue weighted by Crippen LogP contribution is 2.33. The molecule has 1 fully saturated rings. The molecule has 1 saturated heterocycles. The Kier molecular flexibility index (Phi) is 6.99. The number of halogens is 2. The van der Waals surface area contributed by atoms with Gasteiger partial charge in [-0.15, -0.1) is 0 Å². The van der Waals surface area contributed by atoms with Gasteiger partial charge in [-0.05, 0) is 98.4 Å². The van der Waals surface area contributed by atoms with Gasteiger partial charge in [0.05, 0.1) is 8.48 Å². The molecule has 144 valence electrons. The lowest BCUT2D eigenvalue weighted by Crippen LogP contribution is -2.33. The molecule has 0 radical (unpaired) electrons. The molecular weight excluding hydrogens is 608 g/mol. The molecule has 0 spiro atoms. The van der Waals surface area contributed by atoms with E-state index >= 15 is 0 Å². The largest absolute Gasteiger partial charge is 0.488 e. The van der Waals surface area contributed by atoms with Crippen LogP contribution in [-0.4, -0.2) is 33.7 Å². The van der Waals surface area contributed by atoms with Crippen LogP contribution in [-0.2, 0) is 16.2 Å². The van der Waals surface area contributed by atoms with E-state index in [1.807, 2.05) is 36.4 Å². The van der Waals surface area contributed by atoms with Crippen LogP contribution in [0.5, 0.6) is 5.75 Å². The van der Waals surface area contributed by atoms with Crippen molar-refractivity contribution in [2.45, 2.75) is 6.61 Å². The minimum absolute atomic E-state index is 0.203. The summed E-state index contributed by atoms with van der Waals surface area (Å²) >= 11 is 5.13. The number of ether oxygens (including phenoxy) is 1. The number of hydrogen-bond donors (Lipinski definition) is 1. The van der Waals surface area contributed by atoms with E-state index in [0.29, 0.717) is 6.61 Å². The molecule has 0 atom stereocenters. The third-order valence-electron chi connectivity index (χ3n) is 3.73. The number of rotatable bonds is 6. The number of nitrogens with zero attached hydrogens (tertiary/aromatic N) is 1. The van der Waals surface area contributed by atoms with E-state index in [1.165, 1.54) is 0 Å². The number of benzene rings is 2. The quantitative estimate of drug-likeness (QED) is 0.376. The van der Waals surface area contributed by atoms with Crippen molar-refractivity contribution in [2.24, 2.45) is 0 Å². The molecule has 3 rings (SSSR count). The zero-order valence-electron chi connectivity index (χ0n) is 14.2. The van der Waals surface area contributed by atoms with E-state index in [9.17, 15) is 14.4 Å². The Morgan fingerprint density at radius 1 is 1.14 bits per heavy atom. The van der Waals surface area contributed by atoms with Crippen molar-refractivity contribution in [3.8, 4) is 5.75 Å². The molecule has 2 aromatic rings. The molecule has 1 heterocycles. The van der Waals surface area contributed by atoms with Crippen LogP contribution < -0.4 is 4.74 Å². The van der Waals surface area contributed by atoms with Gasteiger partial charge in [-0.25, -0.2) is 0 Å². The Morgan fingerprint density at radius 3 is 2.50 bits per heavy atom. The molecule has 1 N–H and O–H groups in total. The maximum absolute atomic E-state index is 12.2. The number of carbonyl (C=O) groups excluding carboxylic acids is 2. The highest BCUT2D eigenvalue weighted by molar-refractivity contribution is 14.1. The summed E-state index contributed by atoms with van der Waals surface area (Å²) in [4.78, 5) is 35.8. The molecule has 2 amide bonds. The predicted molar refractivity (Wildman–Crippen MR) is 123 cm³/mol. The minimum atomic E-state index is -1.23. The van der Waals surface area contributed by atoms with Gasteiger partial charge in [0.1, 0.15) is 18.9 Å².